The van der Waals surface area contributed by atoms with Gasteiger partial charge in [0.05, 0.1) is 75.9 Å². The molecule has 1 aliphatic carbocycles. The van der Waals surface area contributed by atoms with Crippen molar-refractivity contribution in [1.82, 2.24) is 30.8 Å². The number of nitrogens with one attached hydrogen (secondary N) is 5. The number of benzene rings is 2. The van der Waals surface area contributed by atoms with Gasteiger partial charge in [-0.05, 0) is 68.5 Å². The Balaban J connectivity index is 0.720. The number of fused-ring (bicyclic) bond motifs is 1. The fourth-order valence-corrected chi connectivity index (χ4v) is 9.02. The fourth-order valence-electron chi connectivity index (χ4n) is 8.32. The van der Waals surface area contributed by atoms with Crippen LogP contribution in [0.5, 0.6) is 5.75 Å². The summed E-state index contributed by atoms with van der Waals surface area (Å²) in [4.78, 5) is 74.1. The Morgan fingerprint density at radius 2 is 1.59 bits per heavy atom. The standard InChI is InChI=1S/C47H56ClFN8O10S/c48-35-6-3-8-38(42(35)49)67-32-12-14-47(15-13-32,28-31-4-1-9-39(53-31)55-46-52-18-27-68-46)45(62)51-17-20-64-22-24-66-26-25-65-23-21-63-19-16-50-29-41(59)54-36-7-2-5-33-34(36)30-57(44(33)61)37-10-11-40(58)56-43(37)60/h1-9,18,27,32,37,50H,10-17,19-26,28-30H2,(H,51,62)(H,54,59)(H,52,53,55)(H,56,58,60). The second-order valence-corrected chi connectivity index (χ2v) is 17.8. The molecule has 68 heavy (non-hydrogen) atoms. The second kappa shape index (κ2) is 25.1. The van der Waals surface area contributed by atoms with E-state index in [0.29, 0.717) is 121 Å². The number of halogens is 2. The van der Waals surface area contributed by atoms with Crippen LogP contribution in [0.4, 0.5) is 21.0 Å². The SMILES string of the molecule is O=C1CCC(N2Cc3c(NC(=O)CNCCOCCOCCOCCOCCNC(=O)C4(Cc5cccc(Nc6nccs6)n5)CCC(Oc5cccc(Cl)c5F)CC4)cccc3C2=O)C(=O)N1. The number of ether oxygens (including phenoxy) is 5. The molecule has 2 aromatic carbocycles. The van der Waals surface area contributed by atoms with E-state index in [9.17, 15) is 28.4 Å². The van der Waals surface area contributed by atoms with E-state index < -0.39 is 23.2 Å². The Hall–Kier alpha value is -5.61. The first-order valence-electron chi connectivity index (χ1n) is 22.7. The van der Waals surface area contributed by atoms with Crippen LogP contribution in [-0.2, 0) is 51.1 Å². The first-order valence-corrected chi connectivity index (χ1v) is 23.9. The molecule has 364 valence electrons. The molecule has 1 unspecified atom stereocenters. The minimum atomic E-state index is -0.758. The van der Waals surface area contributed by atoms with E-state index >= 15 is 0 Å². The summed E-state index contributed by atoms with van der Waals surface area (Å²) in [6.07, 6.45) is 4.39. The molecule has 5 N–H and O–H groups in total. The van der Waals surface area contributed by atoms with Gasteiger partial charge in [0.1, 0.15) is 11.9 Å². The number of nitrogens with zero attached hydrogens (tertiary/aromatic N) is 3. The second-order valence-electron chi connectivity index (χ2n) is 16.5. The summed E-state index contributed by atoms with van der Waals surface area (Å²) >= 11 is 7.44. The van der Waals surface area contributed by atoms with E-state index in [1.54, 1.807) is 36.5 Å². The van der Waals surface area contributed by atoms with Crippen LogP contribution in [0.25, 0.3) is 0 Å². The summed E-state index contributed by atoms with van der Waals surface area (Å²) in [5.41, 5.74) is 1.56. The molecule has 21 heteroatoms. The van der Waals surface area contributed by atoms with Crippen LogP contribution in [0.2, 0.25) is 5.02 Å². The highest BCUT2D eigenvalue weighted by molar-refractivity contribution is 7.13. The number of hydrogen-bond acceptors (Lipinski definition) is 15. The van der Waals surface area contributed by atoms with Crippen molar-refractivity contribution >= 4 is 69.1 Å². The Kier molecular flexibility index (Phi) is 18.6. The monoisotopic (exact) mass is 978 g/mol. The molecule has 2 fully saturated rings. The maximum atomic E-state index is 14.6. The van der Waals surface area contributed by atoms with Crippen molar-refractivity contribution in [3.05, 3.63) is 93.8 Å². The van der Waals surface area contributed by atoms with E-state index in [4.69, 9.17) is 40.3 Å². The van der Waals surface area contributed by atoms with Gasteiger partial charge in [0.2, 0.25) is 23.6 Å². The van der Waals surface area contributed by atoms with Gasteiger partial charge in [0.25, 0.3) is 5.91 Å². The van der Waals surface area contributed by atoms with Crippen LogP contribution in [0.1, 0.15) is 60.1 Å². The number of thiazole rings is 1. The smallest absolute Gasteiger partial charge is 0.255 e. The van der Waals surface area contributed by atoms with E-state index in [1.165, 1.54) is 22.3 Å². The van der Waals surface area contributed by atoms with Crippen LogP contribution in [-0.4, -0.2) is 129 Å². The van der Waals surface area contributed by atoms with Gasteiger partial charge in [-0.1, -0.05) is 29.8 Å². The third-order valence-corrected chi connectivity index (χ3v) is 12.8. The number of imide groups is 1. The molecule has 0 bridgehead atoms. The number of aromatic nitrogens is 2. The van der Waals surface area contributed by atoms with Crippen molar-refractivity contribution in [2.75, 3.05) is 83.1 Å². The van der Waals surface area contributed by atoms with Gasteiger partial charge in [-0.2, -0.15) is 0 Å². The van der Waals surface area contributed by atoms with E-state index in [-0.39, 0.29) is 66.4 Å². The molecule has 4 aromatic rings. The largest absolute Gasteiger partial charge is 0.487 e. The summed E-state index contributed by atoms with van der Waals surface area (Å²) < 4.78 is 43.1. The lowest BCUT2D eigenvalue weighted by atomic mass is 9.69. The van der Waals surface area contributed by atoms with Crippen molar-refractivity contribution in [1.29, 1.82) is 0 Å². The lowest BCUT2D eigenvalue weighted by Crippen LogP contribution is -2.52. The Bertz CT molecular complexity index is 2360. The zero-order chi connectivity index (χ0) is 47.7. The number of amides is 5. The summed E-state index contributed by atoms with van der Waals surface area (Å²) in [5, 5.41) is 17.0. The summed E-state index contributed by atoms with van der Waals surface area (Å²) in [5.74, 6) is -1.39. The summed E-state index contributed by atoms with van der Waals surface area (Å²) in [6.45, 7) is 3.77. The topological polar surface area (TPSA) is 221 Å². The highest BCUT2D eigenvalue weighted by Crippen LogP contribution is 2.41. The molecular weight excluding hydrogens is 923 g/mol. The Morgan fingerprint density at radius 3 is 2.31 bits per heavy atom. The van der Waals surface area contributed by atoms with Crippen molar-refractivity contribution in [2.24, 2.45) is 5.41 Å². The van der Waals surface area contributed by atoms with Crippen molar-refractivity contribution < 1.29 is 52.0 Å². The highest BCUT2D eigenvalue weighted by Gasteiger charge is 2.43. The zero-order valence-corrected chi connectivity index (χ0v) is 39.1. The summed E-state index contributed by atoms with van der Waals surface area (Å²) in [7, 11) is 0. The third-order valence-electron chi connectivity index (χ3n) is 11.8. The van der Waals surface area contributed by atoms with Crippen LogP contribution in [0.3, 0.4) is 0 Å². The van der Waals surface area contributed by atoms with Crippen LogP contribution in [0.15, 0.2) is 66.2 Å². The average molecular weight is 980 g/mol. The number of rotatable bonds is 26. The molecule has 5 amide bonds. The highest BCUT2D eigenvalue weighted by atomic mass is 35.5. The minimum Gasteiger partial charge on any atom is -0.487 e. The minimum absolute atomic E-state index is 0.00355. The molecule has 0 spiro atoms. The number of pyridine rings is 1. The van der Waals surface area contributed by atoms with Gasteiger partial charge in [-0.3, -0.25) is 29.3 Å². The van der Waals surface area contributed by atoms with E-state index in [2.05, 4.69) is 31.6 Å². The van der Waals surface area contributed by atoms with Gasteiger partial charge < -0.3 is 49.9 Å². The van der Waals surface area contributed by atoms with E-state index in [0.717, 1.165) is 10.8 Å². The predicted octanol–water partition coefficient (Wildman–Crippen LogP) is 4.80. The third kappa shape index (κ3) is 14.0. The van der Waals surface area contributed by atoms with Crippen molar-refractivity contribution in [3.63, 3.8) is 0 Å². The molecule has 2 aromatic heterocycles. The molecule has 18 nitrogen and oxygen atoms in total. The Morgan fingerprint density at radius 1 is 0.882 bits per heavy atom. The van der Waals surface area contributed by atoms with Crippen LogP contribution in [0, 0.1) is 11.2 Å². The zero-order valence-electron chi connectivity index (χ0n) is 37.5. The molecule has 2 aliphatic heterocycles. The number of carbonyl (C=O) groups excluding carboxylic acids is 5. The van der Waals surface area contributed by atoms with Crippen LogP contribution >= 0.6 is 22.9 Å². The predicted molar refractivity (Wildman–Crippen MR) is 250 cm³/mol. The van der Waals surface area contributed by atoms with E-state index in [1.807, 2.05) is 23.6 Å². The molecule has 0 radical (unpaired) electrons. The first kappa shape index (κ1) is 50.3. The van der Waals surface area contributed by atoms with Gasteiger partial charge in [-0.25, -0.2) is 14.4 Å². The number of carbonyl (C=O) groups is 5. The Labute approximate surface area is 402 Å². The molecule has 3 aliphatic rings. The average Bonchev–Trinajstić information content (AvgIpc) is 3.97. The number of anilines is 3. The summed E-state index contributed by atoms with van der Waals surface area (Å²) in [6, 6.07) is 14.7. The molecule has 1 saturated carbocycles. The maximum Gasteiger partial charge on any atom is 0.255 e. The van der Waals surface area contributed by atoms with Crippen molar-refractivity contribution in [3.8, 4) is 5.75 Å². The molecule has 1 saturated heterocycles. The molecule has 7 rings (SSSR count). The normalized spacial score (nSPS) is 19.1. The molecular formula is C47H56ClFN8O10S. The lowest BCUT2D eigenvalue weighted by Gasteiger charge is -2.39. The maximum absolute atomic E-state index is 14.6. The number of hydrogen-bond donors (Lipinski definition) is 5. The lowest BCUT2D eigenvalue weighted by molar-refractivity contribution is -0.137. The first-order chi connectivity index (χ1) is 33.1. The van der Waals surface area contributed by atoms with Gasteiger partial charge in [0.15, 0.2) is 16.7 Å². The van der Waals surface area contributed by atoms with Crippen LogP contribution < -0.4 is 31.3 Å². The molecule has 4 heterocycles. The fraction of sp³-hybridized carbons (Fsp3) is 0.468. The van der Waals surface area contributed by atoms with Gasteiger partial charge in [0, 0.05) is 66.6 Å². The van der Waals surface area contributed by atoms with Crippen molar-refractivity contribution in [2.45, 2.75) is 63.6 Å². The quantitative estimate of drug-likeness (QED) is 0.0422. The number of piperidine rings is 1. The van der Waals surface area contributed by atoms with Gasteiger partial charge >= 0.3 is 0 Å². The molecule has 1 atom stereocenters. The van der Waals surface area contributed by atoms with Gasteiger partial charge in [-0.15, -0.1) is 11.3 Å².